The van der Waals surface area contributed by atoms with E-state index in [9.17, 15) is 21.6 Å². The first-order chi connectivity index (χ1) is 9.27. The smallest absolute Gasteiger partial charge is 0.381 e. The SMILES string of the molecule is O=S(=O)(CC(F)(F)F)Nc1ccnn1C1CCOCC1. The van der Waals surface area contributed by atoms with Crippen molar-refractivity contribution in [2.24, 2.45) is 0 Å². The molecule has 1 aromatic rings. The molecule has 20 heavy (non-hydrogen) atoms. The molecule has 1 aliphatic rings. The molecule has 1 fully saturated rings. The van der Waals surface area contributed by atoms with Crippen LogP contribution < -0.4 is 4.72 Å². The first kappa shape index (κ1) is 15.1. The maximum Gasteiger partial charge on any atom is 0.404 e. The molecule has 114 valence electrons. The second-order valence-electron chi connectivity index (χ2n) is 4.48. The maximum absolute atomic E-state index is 12.2. The van der Waals surface area contributed by atoms with Gasteiger partial charge in [-0.2, -0.15) is 18.3 Å². The summed E-state index contributed by atoms with van der Waals surface area (Å²) in [4.78, 5) is 0. The summed E-state index contributed by atoms with van der Waals surface area (Å²) in [5, 5.41) is 3.97. The van der Waals surface area contributed by atoms with Crippen molar-refractivity contribution in [3.63, 3.8) is 0 Å². The largest absolute Gasteiger partial charge is 0.404 e. The molecule has 0 amide bonds. The molecule has 6 nitrogen and oxygen atoms in total. The highest BCUT2D eigenvalue weighted by molar-refractivity contribution is 7.92. The van der Waals surface area contributed by atoms with E-state index in [2.05, 4.69) is 5.10 Å². The second-order valence-corrected chi connectivity index (χ2v) is 6.20. The fourth-order valence-electron chi connectivity index (χ4n) is 2.03. The zero-order valence-corrected chi connectivity index (χ0v) is 11.2. The molecule has 1 aliphatic heterocycles. The number of sulfonamides is 1. The number of hydrogen-bond acceptors (Lipinski definition) is 4. The van der Waals surface area contributed by atoms with Gasteiger partial charge in [0.2, 0.25) is 10.0 Å². The van der Waals surface area contributed by atoms with Gasteiger partial charge >= 0.3 is 6.18 Å². The third-order valence-corrected chi connectivity index (χ3v) is 4.05. The molecule has 0 radical (unpaired) electrons. The van der Waals surface area contributed by atoms with Crippen molar-refractivity contribution in [3.05, 3.63) is 12.3 Å². The summed E-state index contributed by atoms with van der Waals surface area (Å²) in [6.45, 7) is 1.03. The van der Waals surface area contributed by atoms with Crippen LogP contribution in [0.2, 0.25) is 0 Å². The number of rotatable bonds is 4. The molecule has 0 spiro atoms. The number of ether oxygens (including phenoxy) is 1. The maximum atomic E-state index is 12.2. The summed E-state index contributed by atoms with van der Waals surface area (Å²) in [6.07, 6.45) is -2.17. The van der Waals surface area contributed by atoms with Gasteiger partial charge < -0.3 is 4.74 Å². The zero-order chi connectivity index (χ0) is 14.8. The molecule has 0 bridgehead atoms. The van der Waals surface area contributed by atoms with Crippen LogP contribution in [-0.2, 0) is 14.8 Å². The Morgan fingerprint density at radius 2 is 2.05 bits per heavy atom. The van der Waals surface area contributed by atoms with Gasteiger partial charge in [-0.1, -0.05) is 0 Å². The Morgan fingerprint density at radius 1 is 1.40 bits per heavy atom. The topological polar surface area (TPSA) is 73.2 Å². The molecular formula is C10H14F3N3O3S. The van der Waals surface area contributed by atoms with Crippen molar-refractivity contribution in [2.75, 3.05) is 23.7 Å². The molecule has 0 unspecified atom stereocenters. The number of nitrogens with one attached hydrogen (secondary N) is 1. The Bertz CT molecular complexity index is 550. The summed E-state index contributed by atoms with van der Waals surface area (Å²) >= 11 is 0. The van der Waals surface area contributed by atoms with E-state index >= 15 is 0 Å². The zero-order valence-electron chi connectivity index (χ0n) is 10.4. The van der Waals surface area contributed by atoms with Crippen molar-refractivity contribution >= 4 is 15.8 Å². The summed E-state index contributed by atoms with van der Waals surface area (Å²) < 4.78 is 67.9. The van der Waals surface area contributed by atoms with Crippen LogP contribution in [0.4, 0.5) is 19.0 Å². The van der Waals surface area contributed by atoms with Gasteiger partial charge in [-0.15, -0.1) is 0 Å². The lowest BCUT2D eigenvalue weighted by Gasteiger charge is -2.24. The van der Waals surface area contributed by atoms with E-state index in [1.165, 1.54) is 16.9 Å². The van der Waals surface area contributed by atoms with Crippen LogP contribution in [0.15, 0.2) is 12.3 Å². The van der Waals surface area contributed by atoms with Gasteiger partial charge in [-0.3, -0.25) is 4.72 Å². The van der Waals surface area contributed by atoms with Gasteiger partial charge in [0, 0.05) is 19.3 Å². The van der Waals surface area contributed by atoms with Crippen molar-refractivity contribution in [3.8, 4) is 0 Å². The highest BCUT2D eigenvalue weighted by Gasteiger charge is 2.35. The first-order valence-corrected chi connectivity index (χ1v) is 7.60. The predicted octanol–water partition coefficient (Wildman–Crippen LogP) is 1.54. The summed E-state index contributed by atoms with van der Waals surface area (Å²) in [6, 6.07) is 1.26. The van der Waals surface area contributed by atoms with E-state index in [0.717, 1.165) is 0 Å². The molecule has 0 aromatic carbocycles. The minimum atomic E-state index is -4.78. The van der Waals surface area contributed by atoms with Crippen LogP contribution in [-0.4, -0.2) is 43.3 Å². The lowest BCUT2D eigenvalue weighted by atomic mass is 10.1. The van der Waals surface area contributed by atoms with Crippen LogP contribution >= 0.6 is 0 Å². The van der Waals surface area contributed by atoms with Crippen LogP contribution in [0.25, 0.3) is 0 Å². The van der Waals surface area contributed by atoms with Crippen molar-refractivity contribution in [2.45, 2.75) is 25.1 Å². The number of nitrogens with zero attached hydrogens (tertiary/aromatic N) is 2. The number of halogens is 3. The fourth-order valence-corrected chi connectivity index (χ4v) is 3.01. The van der Waals surface area contributed by atoms with Crippen LogP contribution in [0.5, 0.6) is 0 Å². The molecule has 1 N–H and O–H groups in total. The normalized spacial score (nSPS) is 18.1. The quantitative estimate of drug-likeness (QED) is 0.915. The summed E-state index contributed by atoms with van der Waals surface area (Å²) in [7, 11) is -4.49. The molecule has 1 aromatic heterocycles. The van der Waals surface area contributed by atoms with Gasteiger partial charge in [-0.05, 0) is 12.8 Å². The Kier molecular flexibility index (Phi) is 4.23. The molecule has 1 saturated heterocycles. The first-order valence-electron chi connectivity index (χ1n) is 5.95. The van der Waals surface area contributed by atoms with Gasteiger partial charge in [0.15, 0.2) is 5.75 Å². The molecule has 0 saturated carbocycles. The van der Waals surface area contributed by atoms with Gasteiger partial charge in [-0.25, -0.2) is 13.1 Å². The molecule has 2 rings (SSSR count). The lowest BCUT2D eigenvalue weighted by molar-refractivity contribution is -0.106. The monoisotopic (exact) mass is 313 g/mol. The number of hydrogen-bond donors (Lipinski definition) is 1. The van der Waals surface area contributed by atoms with Crippen LogP contribution in [0.1, 0.15) is 18.9 Å². The van der Waals surface area contributed by atoms with Gasteiger partial charge in [0.1, 0.15) is 5.82 Å². The molecule has 0 aliphatic carbocycles. The van der Waals surface area contributed by atoms with Crippen molar-refractivity contribution in [1.82, 2.24) is 9.78 Å². The highest BCUT2D eigenvalue weighted by Crippen LogP contribution is 2.25. The predicted molar refractivity (Wildman–Crippen MR) is 64.8 cm³/mol. The number of aromatic nitrogens is 2. The Labute approximate surface area is 114 Å². The molecular weight excluding hydrogens is 299 g/mol. The standard InChI is InChI=1S/C10H14F3N3O3S/c11-10(12,13)7-20(17,18)15-9-1-4-14-16(9)8-2-5-19-6-3-8/h1,4,8,15H,2-3,5-7H2. The Balaban J connectivity index is 2.12. The molecule has 2 heterocycles. The third-order valence-electron chi connectivity index (χ3n) is 2.82. The minimum Gasteiger partial charge on any atom is -0.381 e. The van der Waals surface area contributed by atoms with E-state index in [1.54, 1.807) is 0 Å². The average molecular weight is 313 g/mol. The van der Waals surface area contributed by atoms with Crippen molar-refractivity contribution < 1.29 is 26.3 Å². The molecule has 0 atom stereocenters. The van der Waals surface area contributed by atoms with E-state index in [1.807, 2.05) is 4.72 Å². The summed E-state index contributed by atoms with van der Waals surface area (Å²) in [5.41, 5.74) is 0. The van der Waals surface area contributed by atoms with E-state index < -0.39 is 22.0 Å². The Morgan fingerprint density at radius 3 is 2.65 bits per heavy atom. The highest BCUT2D eigenvalue weighted by atomic mass is 32.2. The van der Waals surface area contributed by atoms with E-state index in [0.29, 0.717) is 26.1 Å². The van der Waals surface area contributed by atoms with Crippen molar-refractivity contribution in [1.29, 1.82) is 0 Å². The summed E-state index contributed by atoms with van der Waals surface area (Å²) in [5.74, 6) is -1.87. The molecule has 10 heteroatoms. The lowest BCUT2D eigenvalue weighted by Crippen LogP contribution is -2.30. The third kappa shape index (κ3) is 4.10. The number of anilines is 1. The van der Waals surface area contributed by atoms with Gasteiger partial charge in [0.25, 0.3) is 0 Å². The number of alkyl halides is 3. The van der Waals surface area contributed by atoms with Gasteiger partial charge in [0.05, 0.1) is 12.2 Å². The second kappa shape index (κ2) is 5.60. The van der Waals surface area contributed by atoms with E-state index in [4.69, 9.17) is 4.74 Å². The average Bonchev–Trinajstić information content (AvgIpc) is 2.74. The Hall–Kier alpha value is -1.29. The fraction of sp³-hybridized carbons (Fsp3) is 0.700. The minimum absolute atomic E-state index is 0.0427. The van der Waals surface area contributed by atoms with Crippen LogP contribution in [0.3, 0.4) is 0 Å². The van der Waals surface area contributed by atoms with Crippen LogP contribution in [0, 0.1) is 0 Å². The van der Waals surface area contributed by atoms with E-state index in [-0.39, 0.29) is 11.9 Å².